The molecule has 1 amide bonds. The summed E-state index contributed by atoms with van der Waals surface area (Å²) in [5, 5.41) is 11.4. The molecule has 0 saturated heterocycles. The normalized spacial score (nSPS) is 10.0. The van der Waals surface area contributed by atoms with Crippen molar-refractivity contribution in [2.24, 2.45) is 0 Å². The van der Waals surface area contributed by atoms with Gasteiger partial charge in [0.25, 0.3) is 0 Å². The van der Waals surface area contributed by atoms with E-state index in [2.05, 4.69) is 0 Å². The van der Waals surface area contributed by atoms with Crippen molar-refractivity contribution >= 4 is 23.4 Å². The van der Waals surface area contributed by atoms with Gasteiger partial charge in [0, 0.05) is 24.4 Å². The number of rotatable bonds is 4. The largest absolute Gasteiger partial charge is 0.530 e. The molecule has 0 radical (unpaired) electrons. The molecule has 0 aliphatic carbocycles. The number of hydrogen-bond donors (Lipinski definition) is 0. The van der Waals surface area contributed by atoms with Gasteiger partial charge in [-0.05, 0) is 24.3 Å². The van der Waals surface area contributed by atoms with E-state index >= 15 is 0 Å². The third-order valence-electron chi connectivity index (χ3n) is 1.88. The van der Waals surface area contributed by atoms with E-state index in [1.54, 1.807) is 24.3 Å². The molecule has 0 atom stereocenters. The van der Waals surface area contributed by atoms with Gasteiger partial charge in [-0.15, -0.1) is 0 Å². The van der Waals surface area contributed by atoms with Crippen LogP contribution in [0.1, 0.15) is 0 Å². The first-order valence-corrected chi connectivity index (χ1v) is 4.76. The van der Waals surface area contributed by atoms with Crippen LogP contribution in [-0.4, -0.2) is 26.4 Å². The molecule has 1 aromatic rings. The highest BCUT2D eigenvalue weighted by Crippen LogP contribution is 2.17. The highest BCUT2D eigenvalue weighted by Gasteiger charge is 2.06. The number of ether oxygens (including phenoxy) is 1. The highest BCUT2D eigenvalue weighted by atomic mass is 35.5. The van der Waals surface area contributed by atoms with Crippen LogP contribution in [0.3, 0.4) is 0 Å². The second-order valence-corrected chi connectivity index (χ2v) is 3.32. The summed E-state index contributed by atoms with van der Waals surface area (Å²) in [7, 11) is 1.51. The highest BCUT2D eigenvalue weighted by molar-refractivity contribution is 6.30. The molecule has 0 aliphatic heterocycles. The molecule has 5 heteroatoms. The Morgan fingerprint density at radius 1 is 1.47 bits per heavy atom. The summed E-state index contributed by atoms with van der Waals surface area (Å²) < 4.78 is 4.81. The Labute approximate surface area is 93.0 Å². The van der Waals surface area contributed by atoms with Gasteiger partial charge in [0.2, 0.25) is 0 Å². The molecular weight excluding hydrogens is 218 g/mol. The smallest absolute Gasteiger partial charge is 0.141 e. The summed E-state index contributed by atoms with van der Waals surface area (Å²) in [5.74, 6) is 0. The summed E-state index contributed by atoms with van der Waals surface area (Å²) in [6.07, 6.45) is -1.26. The van der Waals surface area contributed by atoms with Crippen molar-refractivity contribution in [1.82, 2.24) is 0 Å². The zero-order valence-electron chi connectivity index (χ0n) is 8.27. The predicted molar refractivity (Wildman–Crippen MR) is 56.1 cm³/mol. The third-order valence-corrected chi connectivity index (χ3v) is 2.13. The molecule has 0 unspecified atom stereocenters. The lowest BCUT2D eigenvalue weighted by atomic mass is 10.3. The van der Waals surface area contributed by atoms with Crippen molar-refractivity contribution in [3.05, 3.63) is 29.3 Å². The van der Waals surface area contributed by atoms with E-state index in [9.17, 15) is 9.90 Å². The van der Waals surface area contributed by atoms with Crippen molar-refractivity contribution in [3.8, 4) is 0 Å². The lowest BCUT2D eigenvalue weighted by molar-refractivity contribution is -0.246. The van der Waals surface area contributed by atoms with E-state index in [1.807, 2.05) is 0 Å². The van der Waals surface area contributed by atoms with Crippen LogP contribution in [0.15, 0.2) is 24.3 Å². The SMILES string of the molecule is COCCN(C(=O)[O-])c1ccc(Cl)cc1. The van der Waals surface area contributed by atoms with Crippen LogP contribution in [0.25, 0.3) is 0 Å². The molecule has 0 aliphatic rings. The number of benzene rings is 1. The van der Waals surface area contributed by atoms with Crippen LogP contribution in [0.4, 0.5) is 10.5 Å². The Morgan fingerprint density at radius 2 is 2.07 bits per heavy atom. The van der Waals surface area contributed by atoms with E-state index in [0.29, 0.717) is 17.3 Å². The standard InChI is InChI=1S/C10H12ClNO3/c1-15-7-6-12(10(13)14)9-4-2-8(11)3-5-9/h2-5H,6-7H2,1H3,(H,13,14)/p-1. The van der Waals surface area contributed by atoms with Gasteiger partial charge in [0.1, 0.15) is 6.09 Å². The number of hydrogen-bond acceptors (Lipinski definition) is 3. The number of amides is 1. The van der Waals surface area contributed by atoms with Gasteiger partial charge in [0.15, 0.2) is 0 Å². The van der Waals surface area contributed by atoms with Crippen LogP contribution >= 0.6 is 11.6 Å². The maximum atomic E-state index is 10.8. The fourth-order valence-corrected chi connectivity index (χ4v) is 1.26. The Balaban J connectivity index is 2.79. The summed E-state index contributed by atoms with van der Waals surface area (Å²) in [6.45, 7) is 0.553. The zero-order chi connectivity index (χ0) is 11.3. The summed E-state index contributed by atoms with van der Waals surface area (Å²) >= 11 is 5.69. The third kappa shape index (κ3) is 3.42. The Kier molecular flexibility index (Phi) is 4.39. The van der Waals surface area contributed by atoms with Crippen LogP contribution in [0, 0.1) is 0 Å². The van der Waals surface area contributed by atoms with Gasteiger partial charge < -0.3 is 19.5 Å². The van der Waals surface area contributed by atoms with Gasteiger partial charge in [0.05, 0.1) is 6.61 Å². The van der Waals surface area contributed by atoms with Gasteiger partial charge in [-0.25, -0.2) is 0 Å². The van der Waals surface area contributed by atoms with Crippen molar-refractivity contribution in [2.45, 2.75) is 0 Å². The van der Waals surface area contributed by atoms with E-state index in [-0.39, 0.29) is 6.54 Å². The summed E-state index contributed by atoms with van der Waals surface area (Å²) in [5.41, 5.74) is 0.524. The second-order valence-electron chi connectivity index (χ2n) is 2.89. The fourth-order valence-electron chi connectivity index (χ4n) is 1.13. The first kappa shape index (κ1) is 11.8. The minimum atomic E-state index is -1.26. The molecule has 1 aromatic carbocycles. The lowest BCUT2D eigenvalue weighted by Gasteiger charge is -2.24. The van der Waals surface area contributed by atoms with Gasteiger partial charge in [-0.3, -0.25) is 0 Å². The van der Waals surface area contributed by atoms with Gasteiger partial charge in [-0.2, -0.15) is 0 Å². The average molecular weight is 229 g/mol. The molecule has 0 spiro atoms. The molecule has 0 fully saturated rings. The first-order valence-electron chi connectivity index (χ1n) is 4.38. The minimum absolute atomic E-state index is 0.237. The van der Waals surface area contributed by atoms with Gasteiger partial charge >= 0.3 is 0 Å². The molecule has 15 heavy (non-hydrogen) atoms. The Morgan fingerprint density at radius 3 is 2.53 bits per heavy atom. The second kappa shape index (κ2) is 5.58. The van der Waals surface area contributed by atoms with E-state index in [4.69, 9.17) is 16.3 Å². The number of anilines is 1. The summed E-state index contributed by atoms with van der Waals surface area (Å²) in [4.78, 5) is 11.9. The molecule has 4 nitrogen and oxygen atoms in total. The van der Waals surface area contributed by atoms with Crippen LogP contribution < -0.4 is 10.0 Å². The number of methoxy groups -OCH3 is 1. The van der Waals surface area contributed by atoms with E-state index < -0.39 is 6.09 Å². The van der Waals surface area contributed by atoms with E-state index in [0.717, 1.165) is 4.90 Å². The Bertz CT molecular complexity index is 326. The molecule has 0 saturated carbocycles. The maximum absolute atomic E-state index is 10.8. The quantitative estimate of drug-likeness (QED) is 0.777. The predicted octanol–water partition coefficient (Wildman–Crippen LogP) is 1.14. The fraction of sp³-hybridized carbons (Fsp3) is 0.300. The topological polar surface area (TPSA) is 52.6 Å². The zero-order valence-corrected chi connectivity index (χ0v) is 9.03. The average Bonchev–Trinajstić information content (AvgIpc) is 2.21. The number of nitrogens with zero attached hydrogens (tertiary/aromatic N) is 1. The molecule has 1 rings (SSSR count). The minimum Gasteiger partial charge on any atom is -0.530 e. The molecule has 0 bridgehead atoms. The maximum Gasteiger partial charge on any atom is 0.141 e. The van der Waals surface area contributed by atoms with Crippen LogP contribution in [-0.2, 0) is 4.74 Å². The van der Waals surface area contributed by atoms with Crippen molar-refractivity contribution in [3.63, 3.8) is 0 Å². The molecule has 0 heterocycles. The molecule has 0 aromatic heterocycles. The van der Waals surface area contributed by atoms with Crippen molar-refractivity contribution in [1.29, 1.82) is 0 Å². The number of carbonyl (C=O) groups excluding carboxylic acids is 1. The van der Waals surface area contributed by atoms with Gasteiger partial charge in [-0.1, -0.05) is 11.6 Å². The van der Waals surface area contributed by atoms with Crippen molar-refractivity contribution < 1.29 is 14.6 Å². The number of carbonyl (C=O) groups is 1. The molecular formula is C10H11ClNO3-. The number of halogens is 1. The first-order chi connectivity index (χ1) is 7.15. The van der Waals surface area contributed by atoms with Crippen LogP contribution in [0.2, 0.25) is 5.02 Å². The number of carboxylic acid groups (broad SMARTS) is 1. The Hall–Kier alpha value is -1.26. The van der Waals surface area contributed by atoms with Crippen molar-refractivity contribution in [2.75, 3.05) is 25.2 Å². The molecule has 82 valence electrons. The van der Waals surface area contributed by atoms with Crippen LogP contribution in [0.5, 0.6) is 0 Å². The van der Waals surface area contributed by atoms with E-state index in [1.165, 1.54) is 7.11 Å². The lowest BCUT2D eigenvalue weighted by Crippen LogP contribution is -2.43. The monoisotopic (exact) mass is 228 g/mol. The summed E-state index contributed by atoms with van der Waals surface area (Å²) in [6, 6.07) is 6.49. The molecule has 0 N–H and O–H groups in total.